The lowest BCUT2D eigenvalue weighted by Gasteiger charge is -2.38. The Labute approximate surface area is 163 Å². The van der Waals surface area contributed by atoms with Crippen molar-refractivity contribution in [1.29, 1.82) is 0 Å². The lowest BCUT2D eigenvalue weighted by atomic mass is 10.0. The van der Waals surface area contributed by atoms with E-state index in [1.54, 1.807) is 6.07 Å². The molecule has 0 amide bonds. The van der Waals surface area contributed by atoms with Crippen molar-refractivity contribution in [3.05, 3.63) is 53.5 Å². The third-order valence-corrected chi connectivity index (χ3v) is 5.65. The molecular formula is C21H25F3N4. The minimum atomic E-state index is -4.30. The van der Waals surface area contributed by atoms with Crippen LogP contribution in [0.3, 0.4) is 0 Å². The Kier molecular flexibility index (Phi) is 5.27. The smallest absolute Gasteiger partial charge is 0.355 e. The van der Waals surface area contributed by atoms with Crippen LogP contribution in [-0.4, -0.2) is 41.0 Å². The maximum Gasteiger partial charge on any atom is 0.416 e. The lowest BCUT2D eigenvalue weighted by molar-refractivity contribution is -0.137. The third kappa shape index (κ3) is 4.46. The number of likely N-dealkylation sites (N-methyl/N-ethyl adjacent to an activating group) is 1. The first kappa shape index (κ1) is 19.2. The first-order valence-corrected chi connectivity index (χ1v) is 9.84. The van der Waals surface area contributed by atoms with E-state index in [0.717, 1.165) is 43.6 Å². The quantitative estimate of drug-likeness (QED) is 0.754. The van der Waals surface area contributed by atoms with Crippen LogP contribution in [0.15, 0.2) is 36.5 Å². The summed E-state index contributed by atoms with van der Waals surface area (Å²) in [5, 5.41) is 0. The highest BCUT2D eigenvalue weighted by molar-refractivity contribution is 5.39. The summed E-state index contributed by atoms with van der Waals surface area (Å²) in [4.78, 5) is 13.6. The van der Waals surface area contributed by atoms with Crippen LogP contribution in [0.4, 0.5) is 19.0 Å². The molecule has 0 N–H and O–H groups in total. The van der Waals surface area contributed by atoms with E-state index in [-0.39, 0.29) is 0 Å². The van der Waals surface area contributed by atoms with E-state index >= 15 is 0 Å². The summed E-state index contributed by atoms with van der Waals surface area (Å²) in [5.74, 6) is 2.38. The fraction of sp³-hybridized carbons (Fsp3) is 0.524. The van der Waals surface area contributed by atoms with Crippen molar-refractivity contribution in [2.24, 2.45) is 0 Å². The van der Waals surface area contributed by atoms with Crippen LogP contribution in [0.1, 0.15) is 48.6 Å². The molecule has 2 aliphatic rings. The fourth-order valence-corrected chi connectivity index (χ4v) is 3.88. The number of aromatic nitrogens is 2. The van der Waals surface area contributed by atoms with Crippen LogP contribution in [0.5, 0.6) is 0 Å². The van der Waals surface area contributed by atoms with Crippen molar-refractivity contribution in [3.8, 4) is 0 Å². The largest absolute Gasteiger partial charge is 0.416 e. The molecular weight excluding hydrogens is 365 g/mol. The van der Waals surface area contributed by atoms with Gasteiger partial charge in [0.05, 0.1) is 5.56 Å². The Morgan fingerprint density at radius 3 is 2.75 bits per heavy atom. The van der Waals surface area contributed by atoms with Gasteiger partial charge in [-0.25, -0.2) is 9.97 Å². The van der Waals surface area contributed by atoms with Gasteiger partial charge in [0.15, 0.2) is 0 Å². The van der Waals surface area contributed by atoms with Gasteiger partial charge >= 0.3 is 6.18 Å². The molecule has 1 atom stereocenters. The van der Waals surface area contributed by atoms with Gasteiger partial charge in [-0.05, 0) is 49.9 Å². The Balaban J connectivity index is 1.42. The second-order valence-electron chi connectivity index (χ2n) is 7.89. The van der Waals surface area contributed by atoms with Gasteiger partial charge in [0.25, 0.3) is 0 Å². The predicted molar refractivity (Wildman–Crippen MR) is 102 cm³/mol. The van der Waals surface area contributed by atoms with E-state index in [2.05, 4.69) is 21.8 Å². The first-order valence-electron chi connectivity index (χ1n) is 9.84. The number of rotatable bonds is 5. The molecule has 0 spiro atoms. The average Bonchev–Trinajstić information content (AvgIpc) is 3.53. The molecule has 1 saturated carbocycles. The number of hydrogen-bond acceptors (Lipinski definition) is 4. The summed E-state index contributed by atoms with van der Waals surface area (Å²) in [5.41, 5.74) is 0.125. The van der Waals surface area contributed by atoms with Gasteiger partial charge in [0.1, 0.15) is 11.6 Å². The molecule has 2 fully saturated rings. The van der Waals surface area contributed by atoms with Crippen molar-refractivity contribution in [2.45, 2.75) is 50.4 Å². The van der Waals surface area contributed by atoms with Crippen LogP contribution < -0.4 is 4.90 Å². The highest BCUT2D eigenvalue weighted by Gasteiger charge is 2.31. The highest BCUT2D eigenvalue weighted by Crippen LogP contribution is 2.38. The van der Waals surface area contributed by atoms with Crippen LogP contribution >= 0.6 is 0 Å². The van der Waals surface area contributed by atoms with Crippen LogP contribution in [0.25, 0.3) is 0 Å². The molecule has 0 radical (unpaired) electrons. The van der Waals surface area contributed by atoms with Crippen molar-refractivity contribution in [2.75, 3.05) is 25.0 Å². The highest BCUT2D eigenvalue weighted by atomic mass is 19.4. The van der Waals surface area contributed by atoms with E-state index in [1.807, 2.05) is 12.3 Å². The van der Waals surface area contributed by atoms with Crippen molar-refractivity contribution in [3.63, 3.8) is 0 Å². The molecule has 1 aliphatic carbocycles. The number of halogens is 3. The predicted octanol–water partition coefficient (Wildman–Crippen LogP) is 4.47. The minimum absolute atomic E-state index is 0.293. The minimum Gasteiger partial charge on any atom is -0.355 e. The van der Waals surface area contributed by atoms with E-state index < -0.39 is 11.7 Å². The van der Waals surface area contributed by atoms with E-state index in [9.17, 15) is 13.2 Å². The third-order valence-electron chi connectivity index (χ3n) is 5.65. The van der Waals surface area contributed by atoms with Crippen LogP contribution in [0.2, 0.25) is 0 Å². The van der Waals surface area contributed by atoms with E-state index in [1.165, 1.54) is 25.0 Å². The zero-order valence-corrected chi connectivity index (χ0v) is 16.0. The SMILES string of the molecule is CN(c1ccnc(C2CC2)n1)C1CCCN(Cc2cccc(C(F)(F)F)c2)C1. The summed E-state index contributed by atoms with van der Waals surface area (Å²) in [6, 6.07) is 7.89. The number of hydrogen-bond donors (Lipinski definition) is 0. The maximum absolute atomic E-state index is 13.0. The second kappa shape index (κ2) is 7.70. The fourth-order valence-electron chi connectivity index (χ4n) is 3.88. The summed E-state index contributed by atoms with van der Waals surface area (Å²) < 4.78 is 38.9. The zero-order chi connectivity index (χ0) is 19.7. The van der Waals surface area contributed by atoms with Gasteiger partial charge in [-0.2, -0.15) is 13.2 Å². The molecule has 1 aliphatic heterocycles. The summed E-state index contributed by atoms with van der Waals surface area (Å²) in [6.45, 7) is 2.25. The van der Waals surface area contributed by atoms with Gasteiger partial charge in [0, 0.05) is 38.3 Å². The Bertz CT molecular complexity index is 819. The monoisotopic (exact) mass is 390 g/mol. The molecule has 28 heavy (non-hydrogen) atoms. The molecule has 2 aromatic rings. The van der Waals surface area contributed by atoms with E-state index in [0.29, 0.717) is 24.1 Å². The molecule has 0 bridgehead atoms. The number of anilines is 1. The topological polar surface area (TPSA) is 32.3 Å². The summed E-state index contributed by atoms with van der Waals surface area (Å²) in [7, 11) is 2.05. The Hall–Kier alpha value is -2.15. The Morgan fingerprint density at radius 2 is 2.00 bits per heavy atom. The van der Waals surface area contributed by atoms with Crippen LogP contribution in [-0.2, 0) is 12.7 Å². The lowest BCUT2D eigenvalue weighted by Crippen LogP contribution is -2.46. The summed E-state index contributed by atoms with van der Waals surface area (Å²) in [6.07, 6.45) is 1.94. The van der Waals surface area contributed by atoms with Crippen molar-refractivity contribution < 1.29 is 13.2 Å². The van der Waals surface area contributed by atoms with E-state index in [4.69, 9.17) is 4.98 Å². The van der Waals surface area contributed by atoms with Gasteiger partial charge < -0.3 is 4.90 Å². The molecule has 4 nitrogen and oxygen atoms in total. The second-order valence-corrected chi connectivity index (χ2v) is 7.89. The van der Waals surface area contributed by atoms with Crippen molar-refractivity contribution in [1.82, 2.24) is 14.9 Å². The summed E-state index contributed by atoms with van der Waals surface area (Å²) >= 11 is 0. The first-order chi connectivity index (χ1) is 13.4. The standard InChI is InChI=1S/C21H25F3N4/c1-27(19-9-10-25-20(26-19)16-7-8-16)18-6-3-11-28(14-18)13-15-4-2-5-17(12-15)21(22,23)24/h2,4-5,9-10,12,16,18H,3,6-8,11,13-14H2,1H3. The molecule has 1 unspecified atom stereocenters. The maximum atomic E-state index is 13.0. The van der Waals surface area contributed by atoms with Gasteiger partial charge in [-0.15, -0.1) is 0 Å². The van der Waals surface area contributed by atoms with Gasteiger partial charge in [-0.3, -0.25) is 4.90 Å². The normalized spacial score (nSPS) is 20.9. The van der Waals surface area contributed by atoms with Gasteiger partial charge in [-0.1, -0.05) is 18.2 Å². The molecule has 7 heteroatoms. The molecule has 4 rings (SSSR count). The number of piperidine rings is 1. The number of nitrogens with zero attached hydrogens (tertiary/aromatic N) is 4. The zero-order valence-electron chi connectivity index (χ0n) is 16.0. The Morgan fingerprint density at radius 1 is 1.18 bits per heavy atom. The number of alkyl halides is 3. The average molecular weight is 390 g/mol. The number of benzene rings is 1. The van der Waals surface area contributed by atoms with Crippen LogP contribution in [0, 0.1) is 0 Å². The molecule has 1 aromatic heterocycles. The molecule has 2 heterocycles. The number of likely N-dealkylation sites (tertiary alicyclic amines) is 1. The molecule has 150 valence electrons. The van der Waals surface area contributed by atoms with Crippen molar-refractivity contribution >= 4 is 5.82 Å². The molecule has 1 saturated heterocycles. The molecule has 1 aromatic carbocycles. The van der Waals surface area contributed by atoms with Gasteiger partial charge in [0.2, 0.25) is 0 Å².